The van der Waals surface area contributed by atoms with Gasteiger partial charge in [0.25, 0.3) is 0 Å². The van der Waals surface area contributed by atoms with E-state index in [2.05, 4.69) is 5.32 Å². The van der Waals surface area contributed by atoms with E-state index < -0.39 is 11.6 Å². The molecule has 0 amide bonds. The van der Waals surface area contributed by atoms with E-state index in [0.29, 0.717) is 11.1 Å². The van der Waals surface area contributed by atoms with Crippen LogP contribution in [-0.2, 0) is 0 Å². The van der Waals surface area contributed by atoms with Crippen LogP contribution in [0.25, 0.3) is 0 Å². The highest BCUT2D eigenvalue weighted by Gasteiger charge is 2.13. The predicted octanol–water partition coefficient (Wildman–Crippen LogP) is 3.33. The molecule has 1 rings (SSSR count). The minimum atomic E-state index is -0.493. The lowest BCUT2D eigenvalue weighted by atomic mass is 10.0. The molecule has 0 saturated heterocycles. The van der Waals surface area contributed by atoms with Gasteiger partial charge in [0.2, 0.25) is 0 Å². The lowest BCUT2D eigenvalue weighted by Gasteiger charge is -2.18. The number of rotatable bonds is 3. The number of nitrogens with one attached hydrogen (secondary N) is 1. The van der Waals surface area contributed by atoms with Gasteiger partial charge in [-0.2, -0.15) is 0 Å². The third-order valence-electron chi connectivity index (χ3n) is 2.33. The monoisotopic (exact) mass is 213 g/mol. The Balaban J connectivity index is 2.98. The quantitative estimate of drug-likeness (QED) is 0.812. The zero-order valence-corrected chi connectivity index (χ0v) is 9.57. The van der Waals surface area contributed by atoms with Crippen LogP contribution in [0.2, 0.25) is 0 Å². The zero-order chi connectivity index (χ0) is 11.6. The molecule has 0 fully saturated rings. The van der Waals surface area contributed by atoms with Crippen LogP contribution >= 0.6 is 0 Å². The van der Waals surface area contributed by atoms with Gasteiger partial charge in [-0.05, 0) is 25.5 Å². The molecular weight excluding hydrogens is 196 g/mol. The van der Waals surface area contributed by atoms with E-state index >= 15 is 0 Å². The molecule has 0 aliphatic heterocycles. The molecule has 15 heavy (non-hydrogen) atoms. The van der Waals surface area contributed by atoms with Gasteiger partial charge in [0.15, 0.2) is 0 Å². The summed E-state index contributed by atoms with van der Waals surface area (Å²) in [7, 11) is 0. The van der Waals surface area contributed by atoms with Crippen LogP contribution in [0.1, 0.15) is 37.9 Å². The summed E-state index contributed by atoms with van der Waals surface area (Å²) in [6, 6.07) is 2.67. The van der Waals surface area contributed by atoms with Crippen LogP contribution < -0.4 is 5.32 Å². The average Bonchev–Trinajstić information content (AvgIpc) is 2.09. The van der Waals surface area contributed by atoms with Crippen LogP contribution in [0.3, 0.4) is 0 Å². The van der Waals surface area contributed by atoms with E-state index in [1.807, 2.05) is 20.8 Å². The number of hydrogen-bond acceptors (Lipinski definition) is 1. The molecule has 0 spiro atoms. The summed E-state index contributed by atoms with van der Waals surface area (Å²) in [5.74, 6) is -0.980. The lowest BCUT2D eigenvalue weighted by Crippen LogP contribution is -2.26. The van der Waals surface area contributed by atoms with Crippen LogP contribution in [-0.4, -0.2) is 6.04 Å². The Labute approximate surface area is 89.5 Å². The second kappa shape index (κ2) is 4.71. The summed E-state index contributed by atoms with van der Waals surface area (Å²) in [5.41, 5.74) is 0.992. The molecule has 1 unspecified atom stereocenters. The molecular formula is C12H17F2N. The van der Waals surface area contributed by atoms with E-state index in [-0.39, 0.29) is 12.1 Å². The highest BCUT2D eigenvalue weighted by molar-refractivity contribution is 5.27. The standard InChI is InChI=1S/C12H17F2N/c1-7(2)15-9(4)10-5-8(3)11(13)6-12(10)14/h5-7,9,15H,1-4H3. The second-order valence-corrected chi connectivity index (χ2v) is 4.17. The molecule has 1 nitrogen and oxygen atoms in total. The second-order valence-electron chi connectivity index (χ2n) is 4.17. The normalized spacial score (nSPS) is 13.3. The molecule has 0 saturated carbocycles. The van der Waals surface area contributed by atoms with Gasteiger partial charge in [0, 0.05) is 23.7 Å². The van der Waals surface area contributed by atoms with Gasteiger partial charge in [-0.25, -0.2) is 8.78 Å². The largest absolute Gasteiger partial charge is 0.308 e. The topological polar surface area (TPSA) is 12.0 Å². The maximum atomic E-state index is 13.5. The molecule has 84 valence electrons. The molecule has 1 atom stereocenters. The first-order valence-corrected chi connectivity index (χ1v) is 5.13. The Hall–Kier alpha value is -0.960. The molecule has 1 N–H and O–H groups in total. The summed E-state index contributed by atoms with van der Waals surface area (Å²) < 4.78 is 26.5. The van der Waals surface area contributed by atoms with Crippen molar-refractivity contribution in [2.75, 3.05) is 0 Å². The summed E-state index contributed by atoms with van der Waals surface area (Å²) in [4.78, 5) is 0. The SMILES string of the molecule is Cc1cc(C(C)NC(C)C)c(F)cc1F. The van der Waals surface area contributed by atoms with Crippen molar-refractivity contribution in [1.29, 1.82) is 0 Å². The van der Waals surface area contributed by atoms with Gasteiger partial charge in [-0.15, -0.1) is 0 Å². The van der Waals surface area contributed by atoms with Gasteiger partial charge in [0.1, 0.15) is 11.6 Å². The summed E-state index contributed by atoms with van der Waals surface area (Å²) in [6.45, 7) is 7.49. The summed E-state index contributed by atoms with van der Waals surface area (Å²) in [5, 5.41) is 3.18. The Kier molecular flexibility index (Phi) is 3.80. The average molecular weight is 213 g/mol. The minimum Gasteiger partial charge on any atom is -0.308 e. The molecule has 0 radical (unpaired) electrons. The summed E-state index contributed by atoms with van der Waals surface area (Å²) >= 11 is 0. The van der Waals surface area contributed by atoms with Crippen LogP contribution in [0, 0.1) is 18.6 Å². The first-order chi connectivity index (χ1) is 6.91. The van der Waals surface area contributed by atoms with Crippen molar-refractivity contribution in [3.63, 3.8) is 0 Å². The number of aryl methyl sites for hydroxylation is 1. The Bertz CT molecular complexity index is 348. The van der Waals surface area contributed by atoms with Crippen molar-refractivity contribution in [3.05, 3.63) is 34.9 Å². The molecule has 1 aromatic rings. The Morgan fingerprint density at radius 2 is 1.67 bits per heavy atom. The molecule has 0 bridgehead atoms. The molecule has 0 aliphatic carbocycles. The Morgan fingerprint density at radius 1 is 1.07 bits per heavy atom. The fourth-order valence-electron chi connectivity index (χ4n) is 1.60. The van der Waals surface area contributed by atoms with E-state index in [0.717, 1.165) is 6.07 Å². The van der Waals surface area contributed by atoms with Crippen LogP contribution in [0.15, 0.2) is 12.1 Å². The summed E-state index contributed by atoms with van der Waals surface area (Å²) in [6.07, 6.45) is 0. The first-order valence-electron chi connectivity index (χ1n) is 5.13. The number of hydrogen-bond donors (Lipinski definition) is 1. The van der Waals surface area contributed by atoms with Crippen LogP contribution in [0.5, 0.6) is 0 Å². The van der Waals surface area contributed by atoms with Crippen molar-refractivity contribution in [2.24, 2.45) is 0 Å². The number of benzene rings is 1. The van der Waals surface area contributed by atoms with E-state index in [1.165, 1.54) is 0 Å². The first kappa shape index (κ1) is 12.1. The predicted molar refractivity (Wildman–Crippen MR) is 57.8 cm³/mol. The number of halogens is 2. The molecule has 0 heterocycles. The van der Waals surface area contributed by atoms with E-state index in [4.69, 9.17) is 0 Å². The molecule has 1 aromatic carbocycles. The van der Waals surface area contributed by atoms with Crippen molar-refractivity contribution < 1.29 is 8.78 Å². The fraction of sp³-hybridized carbons (Fsp3) is 0.500. The van der Waals surface area contributed by atoms with Gasteiger partial charge < -0.3 is 5.32 Å². The van der Waals surface area contributed by atoms with Gasteiger partial charge in [0.05, 0.1) is 0 Å². The van der Waals surface area contributed by atoms with Crippen molar-refractivity contribution in [2.45, 2.75) is 39.8 Å². The minimum absolute atomic E-state index is 0.107. The fourth-order valence-corrected chi connectivity index (χ4v) is 1.60. The van der Waals surface area contributed by atoms with Gasteiger partial charge in [-0.3, -0.25) is 0 Å². The van der Waals surface area contributed by atoms with Crippen molar-refractivity contribution in [3.8, 4) is 0 Å². The highest BCUT2D eigenvalue weighted by atomic mass is 19.1. The van der Waals surface area contributed by atoms with E-state index in [9.17, 15) is 8.78 Å². The maximum absolute atomic E-state index is 13.5. The third-order valence-corrected chi connectivity index (χ3v) is 2.33. The van der Waals surface area contributed by atoms with Crippen molar-refractivity contribution >= 4 is 0 Å². The highest BCUT2D eigenvalue weighted by Crippen LogP contribution is 2.20. The Morgan fingerprint density at radius 3 is 2.20 bits per heavy atom. The smallest absolute Gasteiger partial charge is 0.130 e. The zero-order valence-electron chi connectivity index (χ0n) is 9.57. The molecule has 3 heteroatoms. The molecule has 0 aliphatic rings. The van der Waals surface area contributed by atoms with Gasteiger partial charge >= 0.3 is 0 Å². The van der Waals surface area contributed by atoms with Gasteiger partial charge in [-0.1, -0.05) is 13.8 Å². The third kappa shape index (κ3) is 2.99. The van der Waals surface area contributed by atoms with E-state index in [1.54, 1.807) is 13.0 Å². The van der Waals surface area contributed by atoms with Crippen molar-refractivity contribution in [1.82, 2.24) is 5.32 Å². The lowest BCUT2D eigenvalue weighted by molar-refractivity contribution is 0.478. The van der Waals surface area contributed by atoms with Crippen LogP contribution in [0.4, 0.5) is 8.78 Å². The maximum Gasteiger partial charge on any atom is 0.130 e. The molecule has 0 aromatic heterocycles.